The minimum Gasteiger partial charge on any atom is -0.486 e. The lowest BCUT2D eigenvalue weighted by Crippen LogP contribution is -2.17. The lowest BCUT2D eigenvalue weighted by Gasteiger charge is -2.20. The number of thioether (sulfide) groups is 1. The summed E-state index contributed by atoms with van der Waals surface area (Å²) in [5.74, 6) is 1.51. The molecule has 1 aromatic heterocycles. The number of carbonyl (C=O) groups excluding carboxylic acids is 1. The molecule has 3 rings (SSSR count). The van der Waals surface area contributed by atoms with E-state index in [1.165, 1.54) is 11.8 Å². The third kappa shape index (κ3) is 3.72. The number of nitrogens with zero attached hydrogens (tertiary/aromatic N) is 1. The van der Waals surface area contributed by atoms with E-state index in [0.29, 0.717) is 30.4 Å². The molecule has 0 atom stereocenters. The average Bonchev–Trinajstić information content (AvgIpc) is 2.55. The molecule has 7 heteroatoms. The second-order valence-corrected chi connectivity index (χ2v) is 6.33. The van der Waals surface area contributed by atoms with Crippen molar-refractivity contribution < 1.29 is 14.3 Å². The van der Waals surface area contributed by atoms with Gasteiger partial charge in [0.2, 0.25) is 5.91 Å². The zero-order valence-corrected chi connectivity index (χ0v) is 13.9. The fraction of sp³-hybridized carbons (Fsp3) is 0.200. The van der Waals surface area contributed by atoms with Gasteiger partial charge >= 0.3 is 0 Å². The molecular weight excluding hydrogens is 368 g/mol. The van der Waals surface area contributed by atoms with E-state index in [1.807, 2.05) is 18.2 Å². The number of anilines is 1. The maximum Gasteiger partial charge on any atom is 0.234 e. The number of rotatable bonds is 4. The van der Waals surface area contributed by atoms with Crippen molar-refractivity contribution in [2.75, 3.05) is 24.3 Å². The van der Waals surface area contributed by atoms with Gasteiger partial charge in [-0.1, -0.05) is 17.8 Å². The molecule has 1 aromatic carbocycles. The minimum absolute atomic E-state index is 0.104. The lowest BCUT2D eigenvalue weighted by molar-refractivity contribution is -0.113. The summed E-state index contributed by atoms with van der Waals surface area (Å²) in [6, 6.07) is 9.18. The van der Waals surface area contributed by atoms with Gasteiger partial charge in [-0.15, -0.1) is 0 Å². The Labute approximate surface area is 140 Å². The molecule has 1 aliphatic heterocycles. The van der Waals surface area contributed by atoms with Gasteiger partial charge in [0.25, 0.3) is 0 Å². The quantitative estimate of drug-likeness (QED) is 0.824. The molecule has 1 amide bonds. The van der Waals surface area contributed by atoms with Crippen LogP contribution >= 0.6 is 27.7 Å². The van der Waals surface area contributed by atoms with Crippen molar-refractivity contribution >= 4 is 39.3 Å². The first-order valence-corrected chi connectivity index (χ1v) is 8.43. The molecule has 2 heterocycles. The number of hydrogen-bond donors (Lipinski definition) is 1. The number of amides is 1. The van der Waals surface area contributed by atoms with Crippen molar-refractivity contribution in [2.24, 2.45) is 0 Å². The van der Waals surface area contributed by atoms with E-state index in [2.05, 4.69) is 26.2 Å². The van der Waals surface area contributed by atoms with E-state index in [0.717, 1.165) is 9.50 Å². The molecule has 114 valence electrons. The van der Waals surface area contributed by atoms with Crippen LogP contribution in [0.3, 0.4) is 0 Å². The summed E-state index contributed by atoms with van der Waals surface area (Å²) in [5, 5.41) is 3.68. The molecule has 0 spiro atoms. The van der Waals surface area contributed by atoms with Crippen LogP contribution in [0.15, 0.2) is 46.0 Å². The Morgan fingerprint density at radius 1 is 1.27 bits per heavy atom. The van der Waals surface area contributed by atoms with Gasteiger partial charge in [0, 0.05) is 22.8 Å². The largest absolute Gasteiger partial charge is 0.486 e. The first-order chi connectivity index (χ1) is 10.7. The summed E-state index contributed by atoms with van der Waals surface area (Å²) < 4.78 is 11.8. The number of carbonyl (C=O) groups is 1. The van der Waals surface area contributed by atoms with Gasteiger partial charge in [-0.3, -0.25) is 4.79 Å². The van der Waals surface area contributed by atoms with E-state index in [4.69, 9.17) is 9.47 Å². The Morgan fingerprint density at radius 3 is 2.77 bits per heavy atom. The van der Waals surface area contributed by atoms with Crippen LogP contribution in [0.5, 0.6) is 11.5 Å². The highest BCUT2D eigenvalue weighted by atomic mass is 79.9. The van der Waals surface area contributed by atoms with Gasteiger partial charge < -0.3 is 14.8 Å². The highest BCUT2D eigenvalue weighted by molar-refractivity contribution is 9.10. The van der Waals surface area contributed by atoms with Gasteiger partial charge in [0.05, 0.1) is 16.5 Å². The fourth-order valence-electron chi connectivity index (χ4n) is 1.92. The van der Waals surface area contributed by atoms with Crippen LogP contribution in [0.2, 0.25) is 0 Å². The summed E-state index contributed by atoms with van der Waals surface area (Å²) in [6.07, 6.45) is 1.71. The van der Waals surface area contributed by atoms with Crippen molar-refractivity contribution in [2.45, 2.75) is 5.03 Å². The molecule has 0 unspecified atom stereocenters. The maximum atomic E-state index is 12.1. The van der Waals surface area contributed by atoms with Crippen LogP contribution < -0.4 is 14.8 Å². The Kier molecular flexibility index (Phi) is 4.84. The Hall–Kier alpha value is -1.73. The summed E-state index contributed by atoms with van der Waals surface area (Å²) >= 11 is 4.82. The number of nitrogens with one attached hydrogen (secondary N) is 1. The second kappa shape index (κ2) is 7.02. The first kappa shape index (κ1) is 15.2. The SMILES string of the molecule is O=C(CSc1ccccn1)Nc1cc2c(cc1Br)OCCO2. The fourth-order valence-corrected chi connectivity index (χ4v) is 3.00. The molecule has 2 aromatic rings. The van der Waals surface area contributed by atoms with Gasteiger partial charge in [-0.05, 0) is 28.1 Å². The van der Waals surface area contributed by atoms with Gasteiger partial charge in [0.1, 0.15) is 13.2 Å². The summed E-state index contributed by atoms with van der Waals surface area (Å²) in [7, 11) is 0. The number of aromatic nitrogens is 1. The third-order valence-electron chi connectivity index (χ3n) is 2.89. The minimum atomic E-state index is -0.104. The molecule has 0 saturated heterocycles. The van der Waals surface area contributed by atoms with E-state index in [1.54, 1.807) is 18.3 Å². The van der Waals surface area contributed by atoms with Gasteiger partial charge in [-0.2, -0.15) is 0 Å². The van der Waals surface area contributed by atoms with Gasteiger partial charge in [0.15, 0.2) is 11.5 Å². The smallest absolute Gasteiger partial charge is 0.234 e. The summed E-state index contributed by atoms with van der Waals surface area (Å²) in [6.45, 7) is 1.05. The number of fused-ring (bicyclic) bond motifs is 1. The standard InChI is InChI=1S/C15H13BrN2O3S/c16-10-7-12-13(21-6-5-20-12)8-11(10)18-14(19)9-22-15-3-1-2-4-17-15/h1-4,7-8H,5-6,9H2,(H,18,19). The predicted octanol–water partition coefficient (Wildman–Crippen LogP) is 3.35. The molecule has 1 N–H and O–H groups in total. The molecule has 1 aliphatic rings. The Balaban J connectivity index is 1.64. The van der Waals surface area contributed by atoms with Crippen LogP contribution in [0.4, 0.5) is 5.69 Å². The van der Waals surface area contributed by atoms with E-state index < -0.39 is 0 Å². The van der Waals surface area contributed by atoms with Crippen molar-refractivity contribution in [3.63, 3.8) is 0 Å². The highest BCUT2D eigenvalue weighted by Gasteiger charge is 2.16. The number of hydrogen-bond acceptors (Lipinski definition) is 5. The number of pyridine rings is 1. The lowest BCUT2D eigenvalue weighted by atomic mass is 10.2. The topological polar surface area (TPSA) is 60.5 Å². The van der Waals surface area contributed by atoms with Crippen LogP contribution in [0.1, 0.15) is 0 Å². The molecule has 0 aliphatic carbocycles. The zero-order valence-electron chi connectivity index (χ0n) is 11.5. The average molecular weight is 381 g/mol. The number of ether oxygens (including phenoxy) is 2. The van der Waals surface area contributed by atoms with Crippen molar-refractivity contribution in [1.29, 1.82) is 0 Å². The number of halogens is 1. The van der Waals surface area contributed by atoms with Gasteiger partial charge in [-0.25, -0.2) is 4.98 Å². The van der Waals surface area contributed by atoms with Crippen LogP contribution in [0, 0.1) is 0 Å². The molecule has 22 heavy (non-hydrogen) atoms. The van der Waals surface area contributed by atoms with E-state index in [9.17, 15) is 4.79 Å². The molecule has 0 fully saturated rings. The van der Waals surface area contributed by atoms with E-state index >= 15 is 0 Å². The van der Waals surface area contributed by atoms with Crippen molar-refractivity contribution in [3.05, 3.63) is 41.0 Å². The molecule has 0 saturated carbocycles. The van der Waals surface area contributed by atoms with Crippen molar-refractivity contribution in [1.82, 2.24) is 4.98 Å². The summed E-state index contributed by atoms with van der Waals surface area (Å²) in [4.78, 5) is 16.2. The summed E-state index contributed by atoms with van der Waals surface area (Å²) in [5.41, 5.74) is 0.663. The number of benzene rings is 1. The first-order valence-electron chi connectivity index (χ1n) is 6.65. The Bertz CT molecular complexity index is 682. The maximum absolute atomic E-state index is 12.1. The van der Waals surface area contributed by atoms with E-state index in [-0.39, 0.29) is 11.7 Å². The Morgan fingerprint density at radius 2 is 2.05 bits per heavy atom. The van der Waals surface area contributed by atoms with Crippen LogP contribution in [-0.4, -0.2) is 29.9 Å². The monoisotopic (exact) mass is 380 g/mol. The molecule has 0 bridgehead atoms. The highest BCUT2D eigenvalue weighted by Crippen LogP contribution is 2.38. The van der Waals surface area contributed by atoms with Crippen molar-refractivity contribution in [3.8, 4) is 11.5 Å². The van der Waals surface area contributed by atoms with Crippen LogP contribution in [0.25, 0.3) is 0 Å². The molecule has 0 radical (unpaired) electrons. The predicted molar refractivity (Wildman–Crippen MR) is 88.7 cm³/mol. The van der Waals surface area contributed by atoms with Crippen LogP contribution in [-0.2, 0) is 4.79 Å². The molecule has 5 nitrogen and oxygen atoms in total. The molecular formula is C15H13BrN2O3S. The second-order valence-electron chi connectivity index (χ2n) is 4.48. The zero-order chi connectivity index (χ0) is 15.4. The normalized spacial score (nSPS) is 12.8. The third-order valence-corrected chi connectivity index (χ3v) is 4.49.